The molecule has 0 amide bonds. The van der Waals surface area contributed by atoms with Gasteiger partial charge in [0.1, 0.15) is 11.3 Å². The molecule has 2 heterocycles. The zero-order valence-corrected chi connectivity index (χ0v) is 16.7. The summed E-state index contributed by atoms with van der Waals surface area (Å²) in [5.41, 5.74) is 6.18. The molecule has 1 aromatic heterocycles. The molecular formula is C25H27NO3. The molecule has 0 radical (unpaired) electrons. The van der Waals surface area contributed by atoms with E-state index in [-0.39, 0.29) is 6.42 Å². The third-order valence-corrected chi connectivity index (χ3v) is 6.59. The Balaban J connectivity index is 1.37. The van der Waals surface area contributed by atoms with Crippen LogP contribution in [0, 0.1) is 0 Å². The largest absolute Gasteiger partial charge is 0.481 e. The highest BCUT2D eigenvalue weighted by Gasteiger charge is 2.20. The predicted octanol–water partition coefficient (Wildman–Crippen LogP) is 5.59. The lowest BCUT2D eigenvalue weighted by Gasteiger charge is -2.28. The lowest BCUT2D eigenvalue weighted by molar-refractivity contribution is -0.137. The van der Waals surface area contributed by atoms with Crippen LogP contribution in [0.25, 0.3) is 22.3 Å². The lowest BCUT2D eigenvalue weighted by atomic mass is 9.95. The number of carbonyl (C=O) groups is 1. The van der Waals surface area contributed by atoms with Gasteiger partial charge in [0, 0.05) is 30.6 Å². The first kappa shape index (κ1) is 18.4. The van der Waals surface area contributed by atoms with Crippen molar-refractivity contribution in [1.82, 2.24) is 4.90 Å². The maximum atomic E-state index is 10.8. The van der Waals surface area contributed by atoms with Gasteiger partial charge in [-0.15, -0.1) is 0 Å². The van der Waals surface area contributed by atoms with E-state index in [0.29, 0.717) is 12.5 Å². The van der Waals surface area contributed by atoms with E-state index >= 15 is 0 Å². The van der Waals surface area contributed by atoms with Gasteiger partial charge in [-0.2, -0.15) is 0 Å². The van der Waals surface area contributed by atoms with Gasteiger partial charge in [-0.1, -0.05) is 31.0 Å². The summed E-state index contributed by atoms with van der Waals surface area (Å²) in [6.07, 6.45) is 6.48. The van der Waals surface area contributed by atoms with Crippen molar-refractivity contribution in [3.63, 3.8) is 0 Å². The molecular weight excluding hydrogens is 362 g/mol. The van der Waals surface area contributed by atoms with Gasteiger partial charge in [0.25, 0.3) is 0 Å². The number of hydrogen-bond donors (Lipinski definition) is 1. The van der Waals surface area contributed by atoms with E-state index in [9.17, 15) is 4.79 Å². The van der Waals surface area contributed by atoms with Crippen LogP contribution in [0.3, 0.4) is 0 Å². The molecule has 4 nitrogen and oxygen atoms in total. The number of fused-ring (bicyclic) bond motifs is 2. The molecule has 0 atom stereocenters. The molecule has 2 aliphatic rings. The van der Waals surface area contributed by atoms with Crippen LogP contribution < -0.4 is 0 Å². The molecule has 1 saturated carbocycles. The van der Waals surface area contributed by atoms with E-state index in [2.05, 4.69) is 47.4 Å². The number of aliphatic carboxylic acids is 1. The second-order valence-electron chi connectivity index (χ2n) is 8.54. The fourth-order valence-electron chi connectivity index (χ4n) is 4.93. The summed E-state index contributed by atoms with van der Waals surface area (Å²) in [5.74, 6) is 0.914. The topological polar surface area (TPSA) is 53.7 Å². The summed E-state index contributed by atoms with van der Waals surface area (Å²) >= 11 is 0. The quantitative estimate of drug-likeness (QED) is 0.618. The van der Waals surface area contributed by atoms with Crippen molar-refractivity contribution in [2.45, 2.75) is 51.0 Å². The molecule has 3 aromatic rings. The molecule has 0 spiro atoms. The maximum absolute atomic E-state index is 10.8. The van der Waals surface area contributed by atoms with E-state index in [1.807, 2.05) is 0 Å². The van der Waals surface area contributed by atoms with Crippen LogP contribution in [0.1, 0.15) is 54.7 Å². The third-order valence-electron chi connectivity index (χ3n) is 6.59. The minimum atomic E-state index is -0.730. The molecule has 0 unspecified atom stereocenters. The lowest BCUT2D eigenvalue weighted by Crippen LogP contribution is -2.32. The summed E-state index contributed by atoms with van der Waals surface area (Å²) in [4.78, 5) is 13.0. The second-order valence-corrected chi connectivity index (χ2v) is 8.54. The first-order valence-electron chi connectivity index (χ1n) is 10.8. The van der Waals surface area contributed by atoms with Crippen molar-refractivity contribution >= 4 is 16.9 Å². The highest BCUT2D eigenvalue weighted by Crippen LogP contribution is 2.37. The number of hydrogen-bond acceptors (Lipinski definition) is 3. The highest BCUT2D eigenvalue weighted by atomic mass is 16.4. The van der Waals surface area contributed by atoms with Gasteiger partial charge in [-0.25, -0.2) is 0 Å². The molecule has 0 saturated heterocycles. The number of furan rings is 1. The number of benzene rings is 2. The molecule has 1 aliphatic heterocycles. The predicted molar refractivity (Wildman–Crippen MR) is 114 cm³/mol. The summed E-state index contributed by atoms with van der Waals surface area (Å²) in [5, 5.41) is 10.1. The van der Waals surface area contributed by atoms with E-state index < -0.39 is 5.97 Å². The van der Waals surface area contributed by atoms with Gasteiger partial charge in [0.2, 0.25) is 0 Å². The molecule has 1 aliphatic carbocycles. The van der Waals surface area contributed by atoms with Gasteiger partial charge in [-0.3, -0.25) is 9.69 Å². The summed E-state index contributed by atoms with van der Waals surface area (Å²) in [6.45, 7) is 2.35. The Bertz CT molecular complexity index is 1050. The second kappa shape index (κ2) is 7.68. The maximum Gasteiger partial charge on any atom is 0.304 e. The minimum Gasteiger partial charge on any atom is -0.481 e. The first-order chi connectivity index (χ1) is 14.2. The van der Waals surface area contributed by atoms with Gasteiger partial charge in [-0.05, 0) is 66.1 Å². The number of carboxylic acids is 1. The van der Waals surface area contributed by atoms with Crippen molar-refractivity contribution in [2.24, 2.45) is 0 Å². The van der Waals surface area contributed by atoms with Gasteiger partial charge >= 0.3 is 5.97 Å². The fraction of sp³-hybridized carbons (Fsp3) is 0.400. The normalized spacial score (nSPS) is 17.7. The van der Waals surface area contributed by atoms with Crippen LogP contribution in [0.5, 0.6) is 0 Å². The summed E-state index contributed by atoms with van der Waals surface area (Å²) in [6, 6.07) is 15.4. The molecule has 5 rings (SSSR count). The van der Waals surface area contributed by atoms with Gasteiger partial charge < -0.3 is 9.52 Å². The average Bonchev–Trinajstić information content (AvgIpc) is 3.41. The fourth-order valence-corrected chi connectivity index (χ4v) is 4.93. The van der Waals surface area contributed by atoms with Crippen LogP contribution in [0.15, 0.2) is 46.9 Å². The van der Waals surface area contributed by atoms with Crippen molar-refractivity contribution in [3.05, 3.63) is 59.2 Å². The average molecular weight is 389 g/mol. The number of carboxylic acid groups (broad SMARTS) is 1. The molecule has 2 aromatic carbocycles. The zero-order valence-electron chi connectivity index (χ0n) is 16.7. The van der Waals surface area contributed by atoms with Crippen LogP contribution >= 0.6 is 0 Å². The Hall–Kier alpha value is -2.59. The zero-order chi connectivity index (χ0) is 19.8. The van der Waals surface area contributed by atoms with E-state index in [1.165, 1.54) is 47.8 Å². The summed E-state index contributed by atoms with van der Waals surface area (Å²) < 4.78 is 6.17. The third kappa shape index (κ3) is 3.82. The molecule has 4 heteroatoms. The van der Waals surface area contributed by atoms with E-state index in [1.54, 1.807) is 0 Å². The Kier molecular flexibility index (Phi) is 4.88. The minimum absolute atomic E-state index is 0.204. The van der Waals surface area contributed by atoms with Gasteiger partial charge in [0.05, 0.1) is 6.42 Å². The molecule has 0 bridgehead atoms. The highest BCUT2D eigenvalue weighted by molar-refractivity contribution is 5.83. The Morgan fingerprint density at radius 3 is 2.76 bits per heavy atom. The van der Waals surface area contributed by atoms with Crippen molar-refractivity contribution in [1.29, 1.82) is 0 Å². The molecule has 1 fully saturated rings. The van der Waals surface area contributed by atoms with Crippen LogP contribution in [-0.4, -0.2) is 29.1 Å². The molecule has 1 N–H and O–H groups in total. The Morgan fingerprint density at radius 1 is 1.07 bits per heavy atom. The van der Waals surface area contributed by atoms with Crippen LogP contribution in [0.4, 0.5) is 0 Å². The number of nitrogens with zero attached hydrogens (tertiary/aromatic N) is 1. The van der Waals surface area contributed by atoms with E-state index in [4.69, 9.17) is 9.52 Å². The Labute approximate surface area is 171 Å². The molecule has 29 heavy (non-hydrogen) atoms. The number of rotatable bonds is 5. The standard InChI is InChI=1S/C25H27NO3/c27-25(28)10-12-26-11-9-19-13-20(5-6-21(19)16-26)24-15-22-14-18(7-8-23(22)29-24)17-3-1-2-4-17/h5-8,13-15,17H,1-4,9-12,16H2,(H,27,28). The van der Waals surface area contributed by atoms with Crippen LogP contribution in [0.2, 0.25) is 0 Å². The smallest absolute Gasteiger partial charge is 0.304 e. The Morgan fingerprint density at radius 2 is 1.93 bits per heavy atom. The van der Waals surface area contributed by atoms with Crippen molar-refractivity contribution < 1.29 is 14.3 Å². The molecule has 150 valence electrons. The van der Waals surface area contributed by atoms with Crippen LogP contribution in [-0.2, 0) is 17.8 Å². The monoisotopic (exact) mass is 389 g/mol. The van der Waals surface area contributed by atoms with Crippen molar-refractivity contribution in [2.75, 3.05) is 13.1 Å². The van der Waals surface area contributed by atoms with E-state index in [0.717, 1.165) is 36.4 Å². The van der Waals surface area contributed by atoms with Crippen molar-refractivity contribution in [3.8, 4) is 11.3 Å². The SMILES string of the molecule is O=C(O)CCN1CCc2cc(-c3cc4cc(C5CCCC5)ccc4o3)ccc2C1. The van der Waals surface area contributed by atoms with Gasteiger partial charge in [0.15, 0.2) is 0 Å². The first-order valence-corrected chi connectivity index (χ1v) is 10.8. The summed E-state index contributed by atoms with van der Waals surface area (Å²) in [7, 11) is 0.